The fourth-order valence-corrected chi connectivity index (χ4v) is 3.21. The van der Waals surface area contributed by atoms with Crippen LogP contribution in [0.4, 0.5) is 17.1 Å². The van der Waals surface area contributed by atoms with E-state index in [1.165, 1.54) is 0 Å². The van der Waals surface area contributed by atoms with Crippen molar-refractivity contribution in [3.8, 4) is 0 Å². The number of hydrogen-bond acceptors (Lipinski definition) is 4. The molecule has 3 rings (SSSR count). The quantitative estimate of drug-likeness (QED) is 0.680. The van der Waals surface area contributed by atoms with Gasteiger partial charge in [0.25, 0.3) is 5.69 Å². The third kappa shape index (κ3) is 3.96. The maximum atomic E-state index is 12.4. The van der Waals surface area contributed by atoms with E-state index in [1.54, 1.807) is 19.1 Å². The van der Waals surface area contributed by atoms with Gasteiger partial charge in [-0.15, -0.1) is 0 Å². The molecule has 0 aromatic heterocycles. The van der Waals surface area contributed by atoms with E-state index in [9.17, 15) is 14.9 Å². The van der Waals surface area contributed by atoms with E-state index in [0.29, 0.717) is 5.56 Å². The summed E-state index contributed by atoms with van der Waals surface area (Å²) in [6.45, 7) is 3.29. The molecule has 25 heavy (non-hydrogen) atoms. The zero-order valence-electron chi connectivity index (χ0n) is 14.1. The molecule has 2 aromatic rings. The van der Waals surface area contributed by atoms with E-state index >= 15 is 0 Å². The summed E-state index contributed by atoms with van der Waals surface area (Å²) in [5.74, 6) is 0.0568. The van der Waals surface area contributed by atoms with Gasteiger partial charge >= 0.3 is 0 Å². The molecule has 130 valence electrons. The molecule has 6 nitrogen and oxygen atoms in total. The Hall–Kier alpha value is -2.89. The number of nitrogens with one attached hydrogen (secondary N) is 1. The first-order valence-corrected chi connectivity index (χ1v) is 8.40. The van der Waals surface area contributed by atoms with Crippen molar-refractivity contribution in [1.29, 1.82) is 0 Å². The number of carbonyl (C=O) groups excluding carboxylic acids is 1. The van der Waals surface area contributed by atoms with Crippen molar-refractivity contribution in [2.45, 2.75) is 19.8 Å². The lowest BCUT2D eigenvalue weighted by Gasteiger charge is -2.33. The molecule has 0 saturated carbocycles. The molecule has 0 radical (unpaired) electrons. The van der Waals surface area contributed by atoms with Crippen molar-refractivity contribution in [1.82, 2.24) is 0 Å². The van der Waals surface area contributed by atoms with Crippen LogP contribution in [-0.4, -0.2) is 23.9 Å². The van der Waals surface area contributed by atoms with Gasteiger partial charge in [-0.1, -0.05) is 18.2 Å². The van der Waals surface area contributed by atoms with Gasteiger partial charge < -0.3 is 10.2 Å². The number of nitro groups is 1. The minimum absolute atomic E-state index is 0.00407. The summed E-state index contributed by atoms with van der Waals surface area (Å²) >= 11 is 0. The zero-order valence-corrected chi connectivity index (χ0v) is 14.1. The van der Waals surface area contributed by atoms with Crippen LogP contribution in [0, 0.1) is 23.0 Å². The standard InChI is InChI=1S/C19H21N3O3/c1-14-13-17(7-8-18(14)22(24)25)21-11-9-15(10-12-21)19(23)20-16-5-3-2-4-6-16/h2-8,13,15H,9-12H2,1H3,(H,20,23). The molecule has 1 fully saturated rings. The molecule has 0 unspecified atom stereocenters. The Balaban J connectivity index is 1.59. The van der Waals surface area contributed by atoms with Crippen molar-refractivity contribution in [2.24, 2.45) is 5.92 Å². The van der Waals surface area contributed by atoms with Crippen molar-refractivity contribution < 1.29 is 9.72 Å². The van der Waals surface area contributed by atoms with Gasteiger partial charge in [-0.3, -0.25) is 14.9 Å². The van der Waals surface area contributed by atoms with E-state index in [0.717, 1.165) is 37.3 Å². The number of nitrogens with zero attached hydrogens (tertiary/aromatic N) is 2. The second kappa shape index (κ2) is 7.34. The molecule has 0 aliphatic carbocycles. The predicted octanol–water partition coefficient (Wildman–Crippen LogP) is 3.76. The number of aryl methyl sites for hydroxylation is 1. The Kier molecular flexibility index (Phi) is 4.97. The van der Waals surface area contributed by atoms with Crippen LogP contribution in [0.3, 0.4) is 0 Å². The van der Waals surface area contributed by atoms with Crippen LogP contribution in [0.5, 0.6) is 0 Å². The number of hydrogen-bond donors (Lipinski definition) is 1. The molecule has 1 saturated heterocycles. The molecular formula is C19H21N3O3. The molecule has 1 N–H and O–H groups in total. The maximum absolute atomic E-state index is 12.4. The third-order valence-corrected chi connectivity index (χ3v) is 4.65. The Bertz CT molecular complexity index is 769. The summed E-state index contributed by atoms with van der Waals surface area (Å²) in [4.78, 5) is 25.1. The van der Waals surface area contributed by atoms with Crippen LogP contribution in [0.2, 0.25) is 0 Å². The second-order valence-corrected chi connectivity index (χ2v) is 6.34. The molecule has 0 atom stereocenters. The lowest BCUT2D eigenvalue weighted by molar-refractivity contribution is -0.385. The van der Waals surface area contributed by atoms with Gasteiger partial charge in [0.2, 0.25) is 5.91 Å². The lowest BCUT2D eigenvalue weighted by atomic mass is 9.95. The molecule has 1 aliphatic rings. The van der Waals surface area contributed by atoms with E-state index in [-0.39, 0.29) is 22.4 Å². The smallest absolute Gasteiger partial charge is 0.272 e. The number of amides is 1. The number of piperidine rings is 1. The van der Waals surface area contributed by atoms with Gasteiger partial charge in [0, 0.05) is 42.0 Å². The summed E-state index contributed by atoms with van der Waals surface area (Å²) in [5.41, 5.74) is 2.60. The van der Waals surface area contributed by atoms with Gasteiger partial charge in [0.15, 0.2) is 0 Å². The third-order valence-electron chi connectivity index (χ3n) is 4.65. The minimum atomic E-state index is -0.362. The van der Waals surface area contributed by atoms with Crippen molar-refractivity contribution in [3.05, 3.63) is 64.2 Å². The van der Waals surface area contributed by atoms with Gasteiger partial charge in [-0.2, -0.15) is 0 Å². The highest BCUT2D eigenvalue weighted by Crippen LogP contribution is 2.28. The highest BCUT2D eigenvalue weighted by atomic mass is 16.6. The van der Waals surface area contributed by atoms with Crippen LogP contribution in [0.15, 0.2) is 48.5 Å². The van der Waals surface area contributed by atoms with E-state index < -0.39 is 0 Å². The van der Waals surface area contributed by atoms with E-state index in [4.69, 9.17) is 0 Å². The van der Waals surface area contributed by atoms with Crippen LogP contribution >= 0.6 is 0 Å². The van der Waals surface area contributed by atoms with Gasteiger partial charge in [-0.25, -0.2) is 0 Å². The summed E-state index contributed by atoms with van der Waals surface area (Å²) in [5, 5.41) is 13.9. The van der Waals surface area contributed by atoms with Crippen molar-refractivity contribution in [2.75, 3.05) is 23.3 Å². The molecule has 0 spiro atoms. The Labute approximate surface area is 146 Å². The first kappa shape index (κ1) is 17.0. The van der Waals surface area contributed by atoms with E-state index in [2.05, 4.69) is 10.2 Å². The van der Waals surface area contributed by atoms with E-state index in [1.807, 2.05) is 36.4 Å². The number of rotatable bonds is 4. The number of benzene rings is 2. The van der Waals surface area contributed by atoms with Gasteiger partial charge in [0.1, 0.15) is 0 Å². The molecule has 2 aromatic carbocycles. The average Bonchev–Trinajstić information content (AvgIpc) is 2.62. The van der Waals surface area contributed by atoms with Crippen molar-refractivity contribution in [3.63, 3.8) is 0 Å². The fourth-order valence-electron chi connectivity index (χ4n) is 3.21. The average molecular weight is 339 g/mol. The normalized spacial score (nSPS) is 15.0. The molecular weight excluding hydrogens is 318 g/mol. The largest absolute Gasteiger partial charge is 0.371 e. The van der Waals surface area contributed by atoms with Crippen LogP contribution < -0.4 is 10.2 Å². The summed E-state index contributed by atoms with van der Waals surface area (Å²) in [6, 6.07) is 14.7. The fraction of sp³-hybridized carbons (Fsp3) is 0.316. The molecule has 1 heterocycles. The van der Waals surface area contributed by atoms with Gasteiger partial charge in [-0.05, 0) is 44.0 Å². The maximum Gasteiger partial charge on any atom is 0.272 e. The molecule has 0 bridgehead atoms. The zero-order chi connectivity index (χ0) is 17.8. The number of anilines is 2. The topological polar surface area (TPSA) is 75.5 Å². The Morgan fingerprint density at radius 2 is 1.84 bits per heavy atom. The first-order valence-electron chi connectivity index (χ1n) is 8.40. The van der Waals surface area contributed by atoms with Gasteiger partial charge in [0.05, 0.1) is 4.92 Å². The number of nitro benzene ring substituents is 1. The first-order chi connectivity index (χ1) is 12.0. The summed E-state index contributed by atoms with van der Waals surface area (Å²) in [6.07, 6.45) is 1.55. The van der Waals surface area contributed by atoms with Crippen LogP contribution in [-0.2, 0) is 4.79 Å². The van der Waals surface area contributed by atoms with Crippen LogP contribution in [0.25, 0.3) is 0 Å². The Morgan fingerprint density at radius 3 is 2.44 bits per heavy atom. The summed E-state index contributed by atoms with van der Waals surface area (Å²) in [7, 11) is 0. The molecule has 1 amide bonds. The summed E-state index contributed by atoms with van der Waals surface area (Å²) < 4.78 is 0. The number of carbonyl (C=O) groups is 1. The second-order valence-electron chi connectivity index (χ2n) is 6.34. The SMILES string of the molecule is Cc1cc(N2CCC(C(=O)Nc3ccccc3)CC2)ccc1[N+](=O)[O-]. The highest BCUT2D eigenvalue weighted by Gasteiger charge is 2.25. The van der Waals surface area contributed by atoms with Crippen molar-refractivity contribution >= 4 is 23.0 Å². The highest BCUT2D eigenvalue weighted by molar-refractivity contribution is 5.92. The minimum Gasteiger partial charge on any atom is -0.371 e. The lowest BCUT2D eigenvalue weighted by Crippen LogP contribution is -2.38. The Morgan fingerprint density at radius 1 is 1.16 bits per heavy atom. The number of para-hydroxylation sites is 1. The predicted molar refractivity (Wildman–Crippen MR) is 97.8 cm³/mol. The van der Waals surface area contributed by atoms with Crippen LogP contribution in [0.1, 0.15) is 18.4 Å². The monoisotopic (exact) mass is 339 g/mol. The molecule has 6 heteroatoms. The molecule has 1 aliphatic heterocycles.